The van der Waals surface area contributed by atoms with E-state index in [1.54, 1.807) is 11.8 Å². The van der Waals surface area contributed by atoms with Crippen LogP contribution >= 0.6 is 0 Å². The molecule has 0 aromatic rings. The number of ketones is 1. The van der Waals surface area contributed by atoms with Gasteiger partial charge in [0.1, 0.15) is 5.78 Å². The molecule has 0 aromatic heterocycles. The van der Waals surface area contributed by atoms with Gasteiger partial charge in [0.05, 0.1) is 18.8 Å². The summed E-state index contributed by atoms with van der Waals surface area (Å²) in [5.74, 6) is 0.239. The molecule has 2 radical (unpaired) electrons. The van der Waals surface area contributed by atoms with Crippen LogP contribution in [0.1, 0.15) is 40.5 Å². The minimum atomic E-state index is -0.345. The monoisotopic (exact) mass is 394 g/mol. The molecular formula is C20H39BN4O3. The van der Waals surface area contributed by atoms with Crippen molar-refractivity contribution in [2.24, 2.45) is 0 Å². The van der Waals surface area contributed by atoms with Gasteiger partial charge in [0.2, 0.25) is 5.91 Å². The fourth-order valence-corrected chi connectivity index (χ4v) is 2.90. The molecule has 160 valence electrons. The highest BCUT2D eigenvalue weighted by atomic mass is 16.2. The first-order chi connectivity index (χ1) is 13.2. The topological polar surface area (TPSA) is 64.2 Å². The van der Waals surface area contributed by atoms with E-state index in [1.165, 1.54) is 0 Å². The van der Waals surface area contributed by atoms with Gasteiger partial charge in [-0.05, 0) is 26.4 Å². The molecule has 0 rings (SSSR count). The highest BCUT2D eigenvalue weighted by Crippen LogP contribution is 1.99. The van der Waals surface area contributed by atoms with E-state index in [2.05, 4.69) is 16.7 Å². The maximum Gasteiger partial charge on any atom is 0.236 e. The zero-order chi connectivity index (χ0) is 21.5. The van der Waals surface area contributed by atoms with Crippen molar-refractivity contribution in [1.82, 2.24) is 19.6 Å². The minimum Gasteiger partial charge on any atom is -0.345 e. The highest BCUT2D eigenvalue weighted by Gasteiger charge is 2.16. The second-order valence-electron chi connectivity index (χ2n) is 7.35. The smallest absolute Gasteiger partial charge is 0.236 e. The van der Waals surface area contributed by atoms with Crippen LogP contribution in [0, 0.1) is 0 Å². The summed E-state index contributed by atoms with van der Waals surface area (Å²) in [4.78, 5) is 43.1. The van der Waals surface area contributed by atoms with Crippen molar-refractivity contribution in [1.29, 1.82) is 0 Å². The van der Waals surface area contributed by atoms with E-state index in [1.807, 2.05) is 25.8 Å². The van der Waals surface area contributed by atoms with Crippen LogP contribution in [-0.4, -0.2) is 117 Å². The summed E-state index contributed by atoms with van der Waals surface area (Å²) in [5, 5.41) is 0. The summed E-state index contributed by atoms with van der Waals surface area (Å²) in [5.41, 5.74) is -0.345. The van der Waals surface area contributed by atoms with Gasteiger partial charge >= 0.3 is 0 Å². The predicted octanol–water partition coefficient (Wildman–Crippen LogP) is 0.475. The standard InChI is InChI=1S/C20H39BN4O3/c1-6-9-10-22(5)20(28)17-24(8-3)12-14-25(15-18(4)26)13-11-23(7-2)16-19(21)27/h6-17H2,1-5H3. The summed E-state index contributed by atoms with van der Waals surface area (Å²) in [6.45, 7) is 13.8. The average Bonchev–Trinajstić information content (AvgIpc) is 2.64. The van der Waals surface area contributed by atoms with E-state index in [-0.39, 0.29) is 23.9 Å². The molecule has 0 heterocycles. The Morgan fingerprint density at radius 1 is 0.750 bits per heavy atom. The van der Waals surface area contributed by atoms with Crippen molar-refractivity contribution in [3.63, 3.8) is 0 Å². The lowest BCUT2D eigenvalue weighted by Crippen LogP contribution is -2.45. The molecule has 0 unspecified atom stereocenters. The molecule has 0 aliphatic heterocycles. The fraction of sp³-hybridized carbons (Fsp3) is 0.850. The highest BCUT2D eigenvalue weighted by molar-refractivity contribution is 6.58. The summed E-state index contributed by atoms with van der Waals surface area (Å²) in [6.07, 6.45) is 2.08. The van der Waals surface area contributed by atoms with Crippen LogP contribution in [0.4, 0.5) is 0 Å². The van der Waals surface area contributed by atoms with E-state index in [0.717, 1.165) is 39.0 Å². The third kappa shape index (κ3) is 13.0. The summed E-state index contributed by atoms with van der Waals surface area (Å²) in [6, 6.07) is 0. The number of amides is 1. The van der Waals surface area contributed by atoms with E-state index in [4.69, 9.17) is 7.85 Å². The summed E-state index contributed by atoms with van der Waals surface area (Å²) < 4.78 is 0. The maximum atomic E-state index is 12.4. The predicted molar refractivity (Wildman–Crippen MR) is 115 cm³/mol. The molecule has 0 N–H and O–H groups in total. The Hall–Kier alpha value is -1.25. The van der Waals surface area contributed by atoms with Crippen molar-refractivity contribution in [2.75, 3.05) is 72.5 Å². The lowest BCUT2D eigenvalue weighted by Gasteiger charge is -2.29. The van der Waals surface area contributed by atoms with E-state index >= 15 is 0 Å². The summed E-state index contributed by atoms with van der Waals surface area (Å²) >= 11 is 0. The Kier molecular flexibility index (Phi) is 15.0. The Bertz CT molecular complexity index is 476. The molecule has 0 saturated carbocycles. The molecule has 0 aromatic carbocycles. The number of rotatable bonds is 17. The van der Waals surface area contributed by atoms with Crippen molar-refractivity contribution >= 4 is 25.2 Å². The van der Waals surface area contributed by atoms with Crippen LogP contribution in [0.5, 0.6) is 0 Å². The maximum absolute atomic E-state index is 12.4. The molecule has 0 saturated heterocycles. The minimum absolute atomic E-state index is 0.108. The van der Waals surface area contributed by atoms with Gasteiger partial charge in [0.15, 0.2) is 7.85 Å². The molecule has 0 fully saturated rings. The normalized spacial score (nSPS) is 11.4. The number of carbonyl (C=O) groups is 3. The Balaban J connectivity index is 4.61. The molecule has 8 heteroatoms. The van der Waals surface area contributed by atoms with Crippen LogP contribution in [0.15, 0.2) is 0 Å². The second-order valence-corrected chi connectivity index (χ2v) is 7.35. The zero-order valence-corrected chi connectivity index (χ0v) is 18.6. The Morgan fingerprint density at radius 2 is 1.25 bits per heavy atom. The van der Waals surface area contributed by atoms with Crippen molar-refractivity contribution in [2.45, 2.75) is 40.5 Å². The van der Waals surface area contributed by atoms with Crippen molar-refractivity contribution in [3.8, 4) is 0 Å². The number of likely N-dealkylation sites (N-methyl/N-ethyl adjacent to an activating group) is 3. The molecule has 1 amide bonds. The molecule has 0 aliphatic rings. The van der Waals surface area contributed by atoms with Crippen LogP contribution < -0.4 is 0 Å². The van der Waals surface area contributed by atoms with Gasteiger partial charge in [-0.15, -0.1) is 0 Å². The number of Topliss-reactive ketones (excluding diaryl/α,β-unsaturated/α-hetero) is 1. The third-order valence-corrected chi connectivity index (χ3v) is 4.82. The lowest BCUT2D eigenvalue weighted by molar-refractivity contribution is -0.131. The first-order valence-electron chi connectivity index (χ1n) is 10.4. The average molecular weight is 394 g/mol. The second kappa shape index (κ2) is 15.7. The molecule has 0 aliphatic carbocycles. The van der Waals surface area contributed by atoms with Crippen molar-refractivity contribution in [3.05, 3.63) is 0 Å². The molecular weight excluding hydrogens is 355 g/mol. The first-order valence-corrected chi connectivity index (χ1v) is 10.4. The molecule has 28 heavy (non-hydrogen) atoms. The third-order valence-electron chi connectivity index (χ3n) is 4.82. The van der Waals surface area contributed by atoms with Gasteiger partial charge in [0.25, 0.3) is 0 Å². The van der Waals surface area contributed by atoms with E-state index in [9.17, 15) is 14.4 Å². The largest absolute Gasteiger partial charge is 0.345 e. The first kappa shape index (κ1) is 26.8. The zero-order valence-electron chi connectivity index (χ0n) is 18.6. The van der Waals surface area contributed by atoms with Gasteiger partial charge in [-0.25, -0.2) is 0 Å². The van der Waals surface area contributed by atoms with Gasteiger partial charge in [-0.1, -0.05) is 27.2 Å². The number of unbranched alkanes of at least 4 members (excludes halogenated alkanes) is 1. The Labute approximate surface area is 172 Å². The molecule has 0 spiro atoms. The van der Waals surface area contributed by atoms with Crippen LogP contribution in [0.25, 0.3) is 0 Å². The summed E-state index contributed by atoms with van der Waals surface area (Å²) in [7, 11) is 7.14. The van der Waals surface area contributed by atoms with Gasteiger partial charge in [-0.2, -0.15) is 0 Å². The van der Waals surface area contributed by atoms with Crippen molar-refractivity contribution < 1.29 is 14.4 Å². The van der Waals surface area contributed by atoms with Gasteiger partial charge in [0, 0.05) is 46.3 Å². The number of nitrogens with zero attached hydrogens (tertiary/aromatic N) is 4. The Morgan fingerprint density at radius 3 is 1.68 bits per heavy atom. The number of carbonyl (C=O) groups excluding carboxylic acids is 3. The number of hydrogen-bond acceptors (Lipinski definition) is 6. The van der Waals surface area contributed by atoms with Crippen LogP contribution in [-0.2, 0) is 14.4 Å². The number of hydrogen-bond donors (Lipinski definition) is 0. The molecule has 7 nitrogen and oxygen atoms in total. The quantitative estimate of drug-likeness (QED) is 0.335. The van der Waals surface area contributed by atoms with E-state index in [0.29, 0.717) is 32.7 Å². The fourth-order valence-electron chi connectivity index (χ4n) is 2.90. The van der Waals surface area contributed by atoms with Crippen LogP contribution in [0.3, 0.4) is 0 Å². The van der Waals surface area contributed by atoms with Gasteiger partial charge in [-0.3, -0.25) is 24.3 Å². The van der Waals surface area contributed by atoms with Crippen LogP contribution in [0.2, 0.25) is 0 Å². The lowest BCUT2D eigenvalue weighted by atomic mass is 10.0. The molecule has 0 bridgehead atoms. The van der Waals surface area contributed by atoms with E-state index < -0.39 is 0 Å². The van der Waals surface area contributed by atoms with Gasteiger partial charge < -0.3 is 9.69 Å². The molecule has 0 atom stereocenters. The SMILES string of the molecule is [B]C(=O)CN(CC)CCN(CCN(CC)CC(=O)N(C)CCCC)CC(C)=O.